The summed E-state index contributed by atoms with van der Waals surface area (Å²) >= 11 is 6.47. The maximum Gasteiger partial charge on any atom is 0.408 e. The van der Waals surface area contributed by atoms with Crippen LogP contribution in [0.5, 0.6) is 5.75 Å². The van der Waals surface area contributed by atoms with Gasteiger partial charge in [-0.2, -0.15) is 0 Å². The molecular formula is C32H41ClN2O3. The molecule has 0 radical (unpaired) electrons. The van der Waals surface area contributed by atoms with Gasteiger partial charge in [0, 0.05) is 23.3 Å². The molecule has 3 aromatic rings. The molecule has 1 aliphatic rings. The SMILES string of the molecule is C=CCC1(NC(=O)OC(C)(C)C)CCCC(Oc2cc3ccncc3cc2Cl)CCC1.Cc1ccccc1. The molecule has 0 saturated heterocycles. The Kier molecular flexibility index (Phi) is 10.6. The van der Waals surface area contributed by atoms with Crippen LogP contribution in [0.15, 0.2) is 73.6 Å². The summed E-state index contributed by atoms with van der Waals surface area (Å²) in [6.07, 6.45) is 11.3. The molecule has 4 rings (SSSR count). The van der Waals surface area contributed by atoms with Gasteiger partial charge in [0.25, 0.3) is 0 Å². The molecule has 6 heteroatoms. The van der Waals surface area contributed by atoms with E-state index < -0.39 is 5.60 Å². The van der Waals surface area contributed by atoms with Crippen LogP contribution in [-0.2, 0) is 4.74 Å². The summed E-state index contributed by atoms with van der Waals surface area (Å²) in [6, 6.07) is 16.1. The zero-order valence-electron chi connectivity index (χ0n) is 23.1. The van der Waals surface area contributed by atoms with Gasteiger partial charge in [-0.05, 0) is 96.2 Å². The molecular weight excluding hydrogens is 496 g/mol. The number of alkyl carbamates (subject to hydrolysis) is 1. The molecule has 0 spiro atoms. The molecule has 1 fully saturated rings. The predicted molar refractivity (Wildman–Crippen MR) is 157 cm³/mol. The van der Waals surface area contributed by atoms with Crippen LogP contribution in [-0.4, -0.2) is 28.3 Å². The number of fused-ring (bicyclic) bond motifs is 1. The largest absolute Gasteiger partial charge is 0.489 e. The first kappa shape index (κ1) is 29.5. The first-order chi connectivity index (χ1) is 18.1. The second kappa shape index (κ2) is 13.7. The standard InChI is InChI=1S/C25H33ClN2O3.C7H8/c1-5-11-25(28-23(29)31-24(2,3)4)12-6-8-20(9-7-13-25)30-22-16-18-10-14-27-17-19(18)15-21(22)26;1-7-5-3-2-4-6-7/h5,10,14-17,20H,1,6-9,11-13H2,2-4H3,(H,28,29);2-6H,1H3. The number of benzene rings is 2. The fourth-order valence-electron chi connectivity index (χ4n) is 4.79. The summed E-state index contributed by atoms with van der Waals surface area (Å²) in [6.45, 7) is 11.6. The van der Waals surface area contributed by atoms with E-state index in [4.69, 9.17) is 21.1 Å². The van der Waals surface area contributed by atoms with Crippen molar-refractivity contribution in [2.45, 2.75) is 89.9 Å². The van der Waals surface area contributed by atoms with Crippen molar-refractivity contribution in [1.29, 1.82) is 0 Å². The lowest BCUT2D eigenvalue weighted by molar-refractivity contribution is 0.0423. The first-order valence-electron chi connectivity index (χ1n) is 13.4. The molecule has 1 N–H and O–H groups in total. The van der Waals surface area contributed by atoms with E-state index >= 15 is 0 Å². The maximum atomic E-state index is 12.4. The zero-order valence-corrected chi connectivity index (χ0v) is 23.9. The first-order valence-corrected chi connectivity index (χ1v) is 13.8. The number of nitrogens with one attached hydrogen (secondary N) is 1. The minimum absolute atomic E-state index is 0.0973. The highest BCUT2D eigenvalue weighted by atomic mass is 35.5. The van der Waals surface area contributed by atoms with E-state index in [-0.39, 0.29) is 17.7 Å². The van der Waals surface area contributed by atoms with E-state index in [9.17, 15) is 4.79 Å². The topological polar surface area (TPSA) is 60.5 Å². The number of halogens is 1. The number of hydrogen-bond donors (Lipinski definition) is 1. The highest BCUT2D eigenvalue weighted by Crippen LogP contribution is 2.35. The van der Waals surface area contributed by atoms with Crippen molar-refractivity contribution in [2.24, 2.45) is 0 Å². The second-order valence-corrected chi connectivity index (χ2v) is 11.5. The van der Waals surface area contributed by atoms with Crippen LogP contribution in [0.2, 0.25) is 5.02 Å². The Bertz CT molecular complexity index is 1180. The quantitative estimate of drug-likeness (QED) is 0.331. The summed E-state index contributed by atoms with van der Waals surface area (Å²) in [5, 5.41) is 5.82. The van der Waals surface area contributed by atoms with Crippen molar-refractivity contribution in [3.05, 3.63) is 84.2 Å². The van der Waals surface area contributed by atoms with Crippen LogP contribution in [0.1, 0.15) is 71.3 Å². The summed E-state index contributed by atoms with van der Waals surface area (Å²) in [5.74, 6) is 0.718. The molecule has 1 aromatic heterocycles. The molecule has 0 atom stereocenters. The Balaban J connectivity index is 0.000000494. The average Bonchev–Trinajstić information content (AvgIpc) is 2.83. The third-order valence-corrected chi connectivity index (χ3v) is 6.88. The predicted octanol–water partition coefficient (Wildman–Crippen LogP) is 8.82. The van der Waals surface area contributed by atoms with Gasteiger partial charge in [0.2, 0.25) is 0 Å². The van der Waals surface area contributed by atoms with Crippen LogP contribution in [0, 0.1) is 6.92 Å². The molecule has 1 saturated carbocycles. The number of hydrogen-bond acceptors (Lipinski definition) is 4. The third kappa shape index (κ3) is 9.36. The van der Waals surface area contributed by atoms with Crippen molar-refractivity contribution < 1.29 is 14.3 Å². The Hall–Kier alpha value is -3.05. The summed E-state index contributed by atoms with van der Waals surface area (Å²) in [7, 11) is 0. The lowest BCUT2D eigenvalue weighted by Crippen LogP contribution is -2.50. The van der Waals surface area contributed by atoms with Gasteiger partial charge in [-0.15, -0.1) is 6.58 Å². The lowest BCUT2D eigenvalue weighted by Gasteiger charge is -2.37. The van der Waals surface area contributed by atoms with E-state index in [0.717, 1.165) is 61.5 Å². The van der Waals surface area contributed by atoms with Crippen LogP contribution in [0.3, 0.4) is 0 Å². The molecule has 1 aliphatic carbocycles. The highest BCUT2D eigenvalue weighted by Gasteiger charge is 2.34. The summed E-state index contributed by atoms with van der Waals surface area (Å²) in [5.41, 5.74) is 0.486. The number of pyridine rings is 1. The average molecular weight is 537 g/mol. The van der Waals surface area contributed by atoms with Crippen LogP contribution >= 0.6 is 11.6 Å². The van der Waals surface area contributed by atoms with E-state index in [1.807, 2.05) is 63.2 Å². The van der Waals surface area contributed by atoms with Crippen molar-refractivity contribution in [3.63, 3.8) is 0 Å². The summed E-state index contributed by atoms with van der Waals surface area (Å²) < 4.78 is 11.8. The number of nitrogens with zero attached hydrogens (tertiary/aromatic N) is 1. The zero-order chi connectivity index (χ0) is 27.6. The molecule has 0 bridgehead atoms. The molecule has 0 aliphatic heterocycles. The molecule has 1 amide bonds. The van der Waals surface area contributed by atoms with Gasteiger partial charge in [-0.3, -0.25) is 4.98 Å². The van der Waals surface area contributed by atoms with Gasteiger partial charge in [0.15, 0.2) is 0 Å². The molecule has 38 heavy (non-hydrogen) atoms. The van der Waals surface area contributed by atoms with Gasteiger partial charge in [0.1, 0.15) is 11.4 Å². The molecule has 1 heterocycles. The Morgan fingerprint density at radius 1 is 1.13 bits per heavy atom. The second-order valence-electron chi connectivity index (χ2n) is 11.1. The van der Waals surface area contributed by atoms with Crippen molar-refractivity contribution in [2.75, 3.05) is 0 Å². The van der Waals surface area contributed by atoms with E-state index in [1.54, 1.807) is 12.4 Å². The minimum Gasteiger partial charge on any atom is -0.489 e. The fraction of sp³-hybridized carbons (Fsp3) is 0.438. The van der Waals surface area contributed by atoms with E-state index in [1.165, 1.54) is 5.56 Å². The van der Waals surface area contributed by atoms with Gasteiger partial charge in [-0.25, -0.2) is 4.79 Å². The number of aryl methyl sites for hydroxylation is 1. The number of carbonyl (C=O) groups excluding carboxylic acids is 1. The van der Waals surface area contributed by atoms with E-state index in [0.29, 0.717) is 5.02 Å². The van der Waals surface area contributed by atoms with Crippen LogP contribution in [0.4, 0.5) is 4.79 Å². The fourth-order valence-corrected chi connectivity index (χ4v) is 5.01. The van der Waals surface area contributed by atoms with Crippen molar-refractivity contribution >= 4 is 28.5 Å². The van der Waals surface area contributed by atoms with Crippen molar-refractivity contribution in [3.8, 4) is 5.75 Å². The monoisotopic (exact) mass is 536 g/mol. The van der Waals surface area contributed by atoms with Gasteiger partial charge >= 0.3 is 6.09 Å². The highest BCUT2D eigenvalue weighted by molar-refractivity contribution is 6.32. The number of amides is 1. The number of rotatable bonds is 5. The van der Waals surface area contributed by atoms with Crippen molar-refractivity contribution in [1.82, 2.24) is 10.3 Å². The third-order valence-electron chi connectivity index (χ3n) is 6.59. The van der Waals surface area contributed by atoms with Crippen LogP contribution in [0.25, 0.3) is 10.8 Å². The van der Waals surface area contributed by atoms with Gasteiger partial charge in [0.05, 0.1) is 11.1 Å². The normalized spacial score (nSPS) is 19.8. The Labute approximate surface area is 232 Å². The number of aromatic nitrogens is 1. The molecule has 204 valence electrons. The van der Waals surface area contributed by atoms with Crippen LogP contribution < -0.4 is 10.1 Å². The van der Waals surface area contributed by atoms with E-state index in [2.05, 4.69) is 35.9 Å². The Morgan fingerprint density at radius 3 is 2.39 bits per heavy atom. The van der Waals surface area contributed by atoms with Gasteiger partial charge in [-0.1, -0.05) is 53.6 Å². The Morgan fingerprint density at radius 2 is 1.82 bits per heavy atom. The molecule has 2 aromatic carbocycles. The smallest absolute Gasteiger partial charge is 0.408 e. The van der Waals surface area contributed by atoms with Gasteiger partial charge < -0.3 is 14.8 Å². The summed E-state index contributed by atoms with van der Waals surface area (Å²) in [4.78, 5) is 16.6. The minimum atomic E-state index is -0.519. The maximum absolute atomic E-state index is 12.4. The lowest BCUT2D eigenvalue weighted by atomic mass is 9.81. The molecule has 5 nitrogen and oxygen atoms in total. The number of carbonyl (C=O) groups is 1. The number of ether oxygens (including phenoxy) is 2. The molecule has 0 unspecified atom stereocenters.